The molecule has 0 spiro atoms. The van der Waals surface area contributed by atoms with Crippen LogP contribution in [0, 0.1) is 11.3 Å². The van der Waals surface area contributed by atoms with Crippen LogP contribution in [-0.2, 0) is 0 Å². The number of nitrogens with one attached hydrogen (secondary N) is 1. The van der Waals surface area contributed by atoms with Gasteiger partial charge in [-0.1, -0.05) is 0 Å². The highest BCUT2D eigenvalue weighted by atomic mass is 16.3. The van der Waals surface area contributed by atoms with Crippen LogP contribution in [0.3, 0.4) is 0 Å². The third-order valence-corrected chi connectivity index (χ3v) is 1.39. The smallest absolute Gasteiger partial charge is 0.120 e. The van der Waals surface area contributed by atoms with Crippen LogP contribution in [-0.4, -0.2) is 17.0 Å². The molecule has 0 heterocycles. The molecule has 1 atom stereocenters. The molecule has 3 nitrogen and oxygen atoms in total. The van der Waals surface area contributed by atoms with E-state index in [0.29, 0.717) is 5.92 Å². The van der Waals surface area contributed by atoms with E-state index in [1.54, 1.807) is 0 Å². The summed E-state index contributed by atoms with van der Waals surface area (Å²) in [5, 5.41) is 15.7. The Balaban J connectivity index is 2.32. The van der Waals surface area contributed by atoms with Crippen molar-refractivity contribution >= 4 is 5.84 Å². The van der Waals surface area contributed by atoms with Crippen molar-refractivity contribution in [2.75, 3.05) is 0 Å². The van der Waals surface area contributed by atoms with Gasteiger partial charge >= 0.3 is 0 Å². The molecule has 1 saturated carbocycles. The highest BCUT2D eigenvalue weighted by molar-refractivity contribution is 5.82. The molecule has 8 heavy (non-hydrogen) atoms. The van der Waals surface area contributed by atoms with E-state index in [-0.39, 0.29) is 5.84 Å². The molecule has 0 radical (unpaired) electrons. The van der Waals surface area contributed by atoms with Crippen LogP contribution >= 0.6 is 0 Å². The lowest BCUT2D eigenvalue weighted by molar-refractivity contribution is 0.216. The predicted molar refractivity (Wildman–Crippen MR) is 30.6 cm³/mol. The molecule has 0 aromatic carbocycles. The second kappa shape index (κ2) is 1.74. The molecule has 0 bridgehead atoms. The lowest BCUT2D eigenvalue weighted by atomic mass is 10.2. The zero-order chi connectivity index (χ0) is 6.15. The standard InChI is InChI=1S/C5H10N2O/c6-5(7)4(8)3-1-2-3/h3-4,8H,1-2H2,(H3,6,7). The summed E-state index contributed by atoms with van der Waals surface area (Å²) in [6, 6.07) is 0. The average molecular weight is 114 g/mol. The molecule has 1 aliphatic rings. The molecule has 1 rings (SSSR count). The quantitative estimate of drug-likeness (QED) is 0.340. The number of nitrogens with two attached hydrogens (primary N) is 1. The minimum absolute atomic E-state index is 0.0903. The van der Waals surface area contributed by atoms with E-state index in [0.717, 1.165) is 12.8 Å². The summed E-state index contributed by atoms with van der Waals surface area (Å²) in [7, 11) is 0. The van der Waals surface area contributed by atoms with Crippen LogP contribution < -0.4 is 5.73 Å². The SMILES string of the molecule is N=C(N)C(O)C1CC1. The van der Waals surface area contributed by atoms with E-state index in [9.17, 15) is 0 Å². The Kier molecular flexibility index (Phi) is 1.21. The molecule has 1 unspecified atom stereocenters. The maximum absolute atomic E-state index is 8.92. The van der Waals surface area contributed by atoms with Gasteiger partial charge in [-0.2, -0.15) is 0 Å². The maximum atomic E-state index is 8.92. The van der Waals surface area contributed by atoms with Crippen molar-refractivity contribution in [3.63, 3.8) is 0 Å². The number of aliphatic hydroxyl groups excluding tert-OH is 1. The van der Waals surface area contributed by atoms with E-state index in [1.165, 1.54) is 0 Å². The fourth-order valence-electron chi connectivity index (χ4n) is 0.666. The Morgan fingerprint density at radius 1 is 1.75 bits per heavy atom. The van der Waals surface area contributed by atoms with E-state index in [4.69, 9.17) is 16.2 Å². The van der Waals surface area contributed by atoms with Crippen LogP contribution in [0.15, 0.2) is 0 Å². The number of rotatable bonds is 2. The summed E-state index contributed by atoms with van der Waals surface area (Å²) in [6.07, 6.45) is 1.40. The zero-order valence-corrected chi connectivity index (χ0v) is 4.59. The molecule has 0 aliphatic heterocycles. The second-order valence-corrected chi connectivity index (χ2v) is 2.24. The molecule has 3 heteroatoms. The highest BCUT2D eigenvalue weighted by Crippen LogP contribution is 2.32. The number of amidine groups is 1. The van der Waals surface area contributed by atoms with Crippen LogP contribution in [0.2, 0.25) is 0 Å². The van der Waals surface area contributed by atoms with Crippen molar-refractivity contribution < 1.29 is 5.11 Å². The molecule has 1 aliphatic carbocycles. The Hall–Kier alpha value is -0.570. The largest absolute Gasteiger partial charge is 0.385 e. The molecule has 0 saturated heterocycles. The number of aliphatic hydroxyl groups is 1. The normalized spacial score (nSPS) is 22.6. The molecular formula is C5H10N2O. The summed E-state index contributed by atoms with van der Waals surface area (Å²) >= 11 is 0. The lowest BCUT2D eigenvalue weighted by Gasteiger charge is -2.03. The lowest BCUT2D eigenvalue weighted by Crippen LogP contribution is -2.28. The minimum atomic E-state index is -0.657. The maximum Gasteiger partial charge on any atom is 0.120 e. The molecule has 4 N–H and O–H groups in total. The Morgan fingerprint density at radius 2 is 2.25 bits per heavy atom. The van der Waals surface area contributed by atoms with Crippen LogP contribution in [0.4, 0.5) is 0 Å². The zero-order valence-electron chi connectivity index (χ0n) is 4.59. The molecule has 0 aromatic rings. The summed E-state index contributed by atoms with van der Waals surface area (Å²) in [5.41, 5.74) is 5.01. The van der Waals surface area contributed by atoms with Gasteiger partial charge in [-0.15, -0.1) is 0 Å². The summed E-state index contributed by atoms with van der Waals surface area (Å²) < 4.78 is 0. The highest BCUT2D eigenvalue weighted by Gasteiger charge is 2.31. The van der Waals surface area contributed by atoms with Crippen molar-refractivity contribution in [2.24, 2.45) is 11.7 Å². The van der Waals surface area contributed by atoms with Crippen molar-refractivity contribution in [3.8, 4) is 0 Å². The first-order valence-corrected chi connectivity index (χ1v) is 2.74. The van der Waals surface area contributed by atoms with E-state index in [2.05, 4.69) is 0 Å². The molecule has 0 aromatic heterocycles. The van der Waals surface area contributed by atoms with E-state index >= 15 is 0 Å². The van der Waals surface area contributed by atoms with Crippen molar-refractivity contribution in [2.45, 2.75) is 18.9 Å². The average Bonchev–Trinajstić information content (AvgIpc) is 2.43. The number of hydrogen-bond acceptors (Lipinski definition) is 2. The summed E-state index contributed by atoms with van der Waals surface area (Å²) in [6.45, 7) is 0. The Morgan fingerprint density at radius 3 is 2.38 bits per heavy atom. The van der Waals surface area contributed by atoms with Crippen LogP contribution in [0.25, 0.3) is 0 Å². The van der Waals surface area contributed by atoms with Gasteiger partial charge in [-0.25, -0.2) is 0 Å². The Bertz CT molecular complexity index is 109. The first-order valence-electron chi connectivity index (χ1n) is 2.74. The monoisotopic (exact) mass is 114 g/mol. The minimum Gasteiger partial charge on any atom is -0.385 e. The van der Waals surface area contributed by atoms with Crippen LogP contribution in [0.5, 0.6) is 0 Å². The number of hydrogen-bond donors (Lipinski definition) is 3. The van der Waals surface area contributed by atoms with Gasteiger partial charge in [0, 0.05) is 0 Å². The third kappa shape index (κ3) is 0.980. The van der Waals surface area contributed by atoms with Gasteiger partial charge in [0.2, 0.25) is 0 Å². The van der Waals surface area contributed by atoms with Crippen LogP contribution in [0.1, 0.15) is 12.8 Å². The van der Waals surface area contributed by atoms with Gasteiger partial charge in [-0.3, -0.25) is 5.41 Å². The molecular weight excluding hydrogens is 104 g/mol. The van der Waals surface area contributed by atoms with E-state index in [1.807, 2.05) is 0 Å². The van der Waals surface area contributed by atoms with Crippen molar-refractivity contribution in [3.05, 3.63) is 0 Å². The summed E-state index contributed by atoms with van der Waals surface area (Å²) in [4.78, 5) is 0. The van der Waals surface area contributed by atoms with Gasteiger partial charge in [0.1, 0.15) is 11.9 Å². The van der Waals surface area contributed by atoms with Gasteiger partial charge in [0.25, 0.3) is 0 Å². The first-order chi connectivity index (χ1) is 3.72. The Labute approximate surface area is 48.0 Å². The van der Waals surface area contributed by atoms with Gasteiger partial charge in [-0.05, 0) is 18.8 Å². The van der Waals surface area contributed by atoms with E-state index < -0.39 is 6.10 Å². The fourth-order valence-corrected chi connectivity index (χ4v) is 0.666. The predicted octanol–water partition coefficient (Wildman–Crippen LogP) is -0.307. The molecule has 0 amide bonds. The van der Waals surface area contributed by atoms with Gasteiger partial charge in [0.05, 0.1) is 0 Å². The van der Waals surface area contributed by atoms with Crippen molar-refractivity contribution in [1.29, 1.82) is 5.41 Å². The second-order valence-electron chi connectivity index (χ2n) is 2.24. The summed E-state index contributed by atoms with van der Waals surface area (Å²) in [5.74, 6) is 0.208. The molecule has 1 fully saturated rings. The van der Waals surface area contributed by atoms with Gasteiger partial charge < -0.3 is 10.8 Å². The topological polar surface area (TPSA) is 70.1 Å². The van der Waals surface area contributed by atoms with Crippen molar-refractivity contribution in [1.82, 2.24) is 0 Å². The third-order valence-electron chi connectivity index (χ3n) is 1.39. The molecule has 46 valence electrons. The van der Waals surface area contributed by atoms with Gasteiger partial charge in [0.15, 0.2) is 0 Å². The first kappa shape index (κ1) is 5.56. The fraction of sp³-hybridized carbons (Fsp3) is 0.800.